The predicted octanol–water partition coefficient (Wildman–Crippen LogP) is 3.47. The average Bonchev–Trinajstić information content (AvgIpc) is 3.19. The monoisotopic (exact) mass is 558 g/mol. The molecule has 6 atom stereocenters. The summed E-state index contributed by atoms with van der Waals surface area (Å²) in [5, 5.41) is 29.6. The number of hydrogen-bond donors (Lipinski definition) is 4. The second-order valence-corrected chi connectivity index (χ2v) is 11.6. The van der Waals surface area contributed by atoms with Crippen LogP contribution in [0.25, 0.3) is 0 Å². The van der Waals surface area contributed by atoms with Crippen molar-refractivity contribution in [2.75, 3.05) is 0 Å². The maximum absolute atomic E-state index is 12.9. The summed E-state index contributed by atoms with van der Waals surface area (Å²) in [6.45, 7) is 4.83. The summed E-state index contributed by atoms with van der Waals surface area (Å²) in [6.07, 6.45) is -0.864. The predicted molar refractivity (Wildman–Crippen MR) is 129 cm³/mol. The number of thioether (sulfide) groups is 1. The quantitative estimate of drug-likeness (QED) is 0.377. The number of alkyl carbamates (subject to hydrolysis) is 1. The molecule has 1 amide bonds. The Balaban J connectivity index is 1.73. The molecule has 4 N–H and O–H groups in total. The van der Waals surface area contributed by atoms with Gasteiger partial charge in [0.1, 0.15) is 18.0 Å². The van der Waals surface area contributed by atoms with Crippen LogP contribution in [0.3, 0.4) is 0 Å². The third-order valence-corrected chi connectivity index (χ3v) is 8.12. The van der Waals surface area contributed by atoms with Gasteiger partial charge in [0.2, 0.25) is 0 Å². The van der Waals surface area contributed by atoms with Crippen molar-refractivity contribution in [1.29, 1.82) is 0 Å². The van der Waals surface area contributed by atoms with Gasteiger partial charge >= 0.3 is 18.0 Å². The largest absolute Gasteiger partial charge is 0.481 e. The van der Waals surface area contributed by atoms with E-state index in [9.17, 15) is 24.6 Å². The van der Waals surface area contributed by atoms with E-state index in [-0.39, 0.29) is 6.61 Å². The van der Waals surface area contributed by atoms with Crippen molar-refractivity contribution in [2.24, 2.45) is 17.8 Å². The second-order valence-electron chi connectivity index (χ2n) is 9.62. The Kier molecular flexibility index (Phi) is 7.17. The van der Waals surface area contributed by atoms with E-state index >= 15 is 0 Å². The van der Waals surface area contributed by atoms with Crippen molar-refractivity contribution in [3.8, 4) is 0 Å². The van der Waals surface area contributed by atoms with Gasteiger partial charge in [-0.25, -0.2) is 14.6 Å². The van der Waals surface area contributed by atoms with E-state index in [4.69, 9.17) is 32.7 Å². The average molecular weight is 559 g/mol. The molecule has 2 fully saturated rings. The Hall–Kier alpha value is -2.54. The maximum Gasteiger partial charge on any atom is 0.408 e. The number of hydrogen-bond acceptors (Lipinski definition) is 8. The van der Waals surface area contributed by atoms with E-state index in [0.717, 1.165) is 11.8 Å². The number of H-pyrrole nitrogens is 1. The van der Waals surface area contributed by atoms with Gasteiger partial charge in [0, 0.05) is 11.2 Å². The number of carboxylic acids is 2. The highest BCUT2D eigenvalue weighted by atomic mass is 35.5. The first kappa shape index (κ1) is 26.5. The zero-order valence-corrected chi connectivity index (χ0v) is 21.7. The van der Waals surface area contributed by atoms with Crippen LogP contribution in [0.15, 0.2) is 29.7 Å². The van der Waals surface area contributed by atoms with Crippen LogP contribution < -0.4 is 5.32 Å². The van der Waals surface area contributed by atoms with E-state index in [2.05, 4.69) is 20.5 Å². The Morgan fingerprint density at radius 3 is 2.50 bits per heavy atom. The first-order valence-electron chi connectivity index (χ1n) is 10.9. The number of aromatic amines is 1. The number of amides is 1. The SMILES string of the molecule is CC(C)(C)OC(=O)N[C@]1(C(=O)O)[C@@H]2[C@@H](C(=O)O)[C@@H]2[C@H](Sc2ncn[nH]2)[C@H]1OCc1ccc(Cl)c(Cl)c1. The number of rotatable bonds is 8. The molecule has 1 heterocycles. The number of fused-ring (bicyclic) bond motifs is 1. The zero-order chi connectivity index (χ0) is 26.4. The number of nitrogens with one attached hydrogen (secondary N) is 2. The van der Waals surface area contributed by atoms with E-state index in [1.54, 1.807) is 39.0 Å². The summed E-state index contributed by atoms with van der Waals surface area (Å²) < 4.78 is 11.5. The molecular weight excluding hydrogens is 535 g/mol. The number of carboxylic acid groups (broad SMARTS) is 2. The van der Waals surface area contributed by atoms with Crippen molar-refractivity contribution >= 4 is 53.0 Å². The number of ether oxygens (including phenoxy) is 2. The molecular formula is C22H24Cl2N4O7S. The van der Waals surface area contributed by atoms with Gasteiger partial charge in [-0.15, -0.1) is 0 Å². The normalized spacial score (nSPS) is 28.9. The molecule has 0 saturated heterocycles. The fourth-order valence-electron chi connectivity index (χ4n) is 4.81. The molecule has 36 heavy (non-hydrogen) atoms. The number of halogens is 2. The summed E-state index contributed by atoms with van der Waals surface area (Å²) in [6, 6.07) is 4.84. The first-order chi connectivity index (χ1) is 16.8. The molecule has 0 spiro atoms. The summed E-state index contributed by atoms with van der Waals surface area (Å²) >= 11 is 13.2. The number of carbonyl (C=O) groups is 3. The molecule has 194 valence electrons. The van der Waals surface area contributed by atoms with Crippen LogP contribution in [0.2, 0.25) is 10.0 Å². The highest BCUT2D eigenvalue weighted by Crippen LogP contribution is 2.66. The minimum Gasteiger partial charge on any atom is -0.481 e. The van der Waals surface area contributed by atoms with Crippen molar-refractivity contribution in [3.63, 3.8) is 0 Å². The number of aromatic nitrogens is 3. The van der Waals surface area contributed by atoms with Gasteiger partial charge < -0.3 is 25.0 Å². The van der Waals surface area contributed by atoms with Crippen LogP contribution in [0, 0.1) is 17.8 Å². The van der Waals surface area contributed by atoms with Crippen LogP contribution in [0.5, 0.6) is 0 Å². The summed E-state index contributed by atoms with van der Waals surface area (Å²) in [4.78, 5) is 41.8. The van der Waals surface area contributed by atoms with Crippen LogP contribution in [-0.4, -0.2) is 65.9 Å². The fourth-order valence-corrected chi connectivity index (χ4v) is 6.51. The molecule has 1 aromatic heterocycles. The molecule has 0 bridgehead atoms. The van der Waals surface area contributed by atoms with Gasteiger partial charge in [-0.1, -0.05) is 41.0 Å². The number of benzene rings is 1. The Morgan fingerprint density at radius 2 is 1.94 bits per heavy atom. The lowest BCUT2D eigenvalue weighted by Gasteiger charge is -2.38. The lowest BCUT2D eigenvalue weighted by atomic mass is 9.87. The third kappa shape index (κ3) is 4.99. The highest BCUT2D eigenvalue weighted by molar-refractivity contribution is 7.99. The van der Waals surface area contributed by atoms with Crippen LogP contribution in [-0.2, 0) is 25.7 Å². The summed E-state index contributed by atoms with van der Waals surface area (Å²) in [5.74, 6) is -5.16. The van der Waals surface area contributed by atoms with Gasteiger partial charge in [-0.3, -0.25) is 9.89 Å². The first-order valence-corrected chi connectivity index (χ1v) is 12.5. The van der Waals surface area contributed by atoms with Gasteiger partial charge in [-0.05, 0) is 44.4 Å². The van der Waals surface area contributed by atoms with E-state index < -0.39 is 58.3 Å². The van der Waals surface area contributed by atoms with Gasteiger partial charge in [0.15, 0.2) is 10.7 Å². The van der Waals surface area contributed by atoms with Gasteiger partial charge in [-0.2, -0.15) is 5.10 Å². The fraction of sp³-hybridized carbons (Fsp3) is 0.500. The van der Waals surface area contributed by atoms with Gasteiger partial charge in [0.25, 0.3) is 0 Å². The topological polar surface area (TPSA) is 164 Å². The van der Waals surface area contributed by atoms with Crippen LogP contribution in [0.4, 0.5) is 4.79 Å². The summed E-state index contributed by atoms with van der Waals surface area (Å²) in [7, 11) is 0. The Labute approximate surface area is 220 Å². The standard InChI is InChI=1S/C22H24Cl2N4O7S/c1-21(2,3)35-20(33)27-22(18(31)32)14-12(13(14)17(29)30)15(36-19-25-8-26-28-19)16(22)34-7-9-4-5-10(23)11(24)6-9/h4-6,8,12-16H,7H2,1-3H3,(H,27,33)(H,29,30)(H,31,32)(H,25,26,28)/t12-,13-,14-,15-,16+,22+/m0/s1. The molecule has 2 aliphatic rings. The van der Waals surface area contributed by atoms with Gasteiger partial charge in [0.05, 0.1) is 22.6 Å². The zero-order valence-electron chi connectivity index (χ0n) is 19.4. The van der Waals surface area contributed by atoms with Crippen LogP contribution in [0.1, 0.15) is 26.3 Å². The Bertz CT molecular complexity index is 1180. The second kappa shape index (κ2) is 9.73. The van der Waals surface area contributed by atoms with Crippen molar-refractivity contribution in [2.45, 2.75) is 55.0 Å². The smallest absolute Gasteiger partial charge is 0.408 e. The highest BCUT2D eigenvalue weighted by Gasteiger charge is 2.80. The molecule has 1 aromatic carbocycles. The lowest BCUT2D eigenvalue weighted by molar-refractivity contribution is -0.155. The number of carbonyl (C=O) groups excluding carboxylic acids is 1. The maximum atomic E-state index is 12.9. The molecule has 11 nitrogen and oxygen atoms in total. The molecule has 4 rings (SSSR count). The lowest BCUT2D eigenvalue weighted by Crippen LogP contribution is -2.65. The van der Waals surface area contributed by atoms with Crippen molar-refractivity contribution in [3.05, 3.63) is 40.1 Å². The van der Waals surface area contributed by atoms with Crippen molar-refractivity contribution in [1.82, 2.24) is 20.5 Å². The van der Waals surface area contributed by atoms with E-state index in [1.807, 2.05) is 0 Å². The van der Waals surface area contributed by atoms with E-state index in [1.165, 1.54) is 6.33 Å². The summed E-state index contributed by atoms with van der Waals surface area (Å²) in [5.41, 5.74) is -2.38. The molecule has 0 radical (unpaired) electrons. The third-order valence-electron chi connectivity index (χ3n) is 6.13. The molecule has 0 aliphatic heterocycles. The molecule has 14 heteroatoms. The molecule has 2 aliphatic carbocycles. The minimum absolute atomic E-state index is 0.0722. The molecule has 2 saturated carbocycles. The van der Waals surface area contributed by atoms with Crippen molar-refractivity contribution < 1.29 is 34.1 Å². The number of nitrogens with zero attached hydrogens (tertiary/aromatic N) is 2. The molecule has 2 aromatic rings. The Morgan fingerprint density at radius 1 is 1.22 bits per heavy atom. The van der Waals surface area contributed by atoms with E-state index in [0.29, 0.717) is 20.8 Å². The van der Waals surface area contributed by atoms with Crippen LogP contribution >= 0.6 is 35.0 Å². The minimum atomic E-state index is -2.08. The molecule has 0 unspecified atom stereocenters. The number of aliphatic carboxylic acids is 2.